The number of hydrogen-bond donors (Lipinski definition) is 1. The maximum Gasteiger partial charge on any atom is 0.242 e. The molecule has 0 bridgehead atoms. The van der Waals surface area contributed by atoms with Crippen molar-refractivity contribution in [2.24, 2.45) is 5.73 Å². The zero-order chi connectivity index (χ0) is 11.8. The Kier molecular flexibility index (Phi) is 3.22. The van der Waals surface area contributed by atoms with Crippen LogP contribution in [0.3, 0.4) is 0 Å². The average molecular weight is 225 g/mol. The zero-order valence-corrected chi connectivity index (χ0v) is 10.4. The molecule has 4 heteroatoms. The smallest absolute Gasteiger partial charge is 0.242 e. The second kappa shape index (κ2) is 4.34. The minimum atomic E-state index is -0.551. The van der Waals surface area contributed by atoms with E-state index in [1.165, 1.54) is 0 Å². The van der Waals surface area contributed by atoms with Crippen LogP contribution in [0.2, 0.25) is 0 Å². The van der Waals surface area contributed by atoms with Crippen molar-refractivity contribution in [3.63, 3.8) is 0 Å². The SMILES string of the molecule is CC1CN(C)CCN1C(=O)C1(N)CCCC1. The fourth-order valence-electron chi connectivity index (χ4n) is 2.95. The highest BCUT2D eigenvalue weighted by atomic mass is 16.2. The Morgan fingerprint density at radius 3 is 2.50 bits per heavy atom. The van der Waals surface area contributed by atoms with Crippen molar-refractivity contribution in [2.45, 2.75) is 44.2 Å². The molecule has 1 saturated carbocycles. The van der Waals surface area contributed by atoms with Crippen molar-refractivity contribution in [3.05, 3.63) is 0 Å². The van der Waals surface area contributed by atoms with Crippen LogP contribution in [0.1, 0.15) is 32.6 Å². The summed E-state index contributed by atoms with van der Waals surface area (Å²) in [5, 5.41) is 0. The highest BCUT2D eigenvalue weighted by Crippen LogP contribution is 2.30. The first-order chi connectivity index (χ1) is 7.53. The Bertz CT molecular complexity index is 273. The first-order valence-corrected chi connectivity index (χ1v) is 6.31. The summed E-state index contributed by atoms with van der Waals surface area (Å²) in [6, 6.07) is 0.298. The van der Waals surface area contributed by atoms with Gasteiger partial charge in [0.25, 0.3) is 0 Å². The summed E-state index contributed by atoms with van der Waals surface area (Å²) in [6.45, 7) is 4.87. The van der Waals surface area contributed by atoms with Gasteiger partial charge in [-0.05, 0) is 26.8 Å². The number of likely N-dealkylation sites (N-methyl/N-ethyl adjacent to an activating group) is 1. The van der Waals surface area contributed by atoms with Crippen LogP contribution in [0.15, 0.2) is 0 Å². The second-order valence-electron chi connectivity index (χ2n) is 5.47. The molecule has 0 aromatic heterocycles. The molecule has 1 atom stereocenters. The van der Waals surface area contributed by atoms with E-state index in [1.54, 1.807) is 0 Å². The lowest BCUT2D eigenvalue weighted by Crippen LogP contribution is -2.61. The van der Waals surface area contributed by atoms with E-state index in [4.69, 9.17) is 5.73 Å². The van der Waals surface area contributed by atoms with Crippen LogP contribution in [0.25, 0.3) is 0 Å². The molecule has 2 fully saturated rings. The molecule has 16 heavy (non-hydrogen) atoms. The molecule has 1 aliphatic carbocycles. The van der Waals surface area contributed by atoms with E-state index in [0.717, 1.165) is 45.3 Å². The van der Waals surface area contributed by atoms with Gasteiger partial charge in [0.05, 0.1) is 5.54 Å². The van der Waals surface area contributed by atoms with E-state index in [2.05, 4.69) is 18.9 Å². The highest BCUT2D eigenvalue weighted by molar-refractivity contribution is 5.86. The molecule has 1 amide bonds. The first-order valence-electron chi connectivity index (χ1n) is 6.31. The van der Waals surface area contributed by atoms with Crippen molar-refractivity contribution in [1.29, 1.82) is 0 Å². The normalized spacial score (nSPS) is 30.7. The Morgan fingerprint density at radius 2 is 1.94 bits per heavy atom. The largest absolute Gasteiger partial charge is 0.336 e. The number of carbonyl (C=O) groups is 1. The summed E-state index contributed by atoms with van der Waals surface area (Å²) in [6.07, 6.45) is 3.94. The molecule has 2 N–H and O–H groups in total. The molecule has 0 radical (unpaired) electrons. The lowest BCUT2D eigenvalue weighted by atomic mass is 9.95. The van der Waals surface area contributed by atoms with Gasteiger partial charge >= 0.3 is 0 Å². The monoisotopic (exact) mass is 225 g/mol. The minimum absolute atomic E-state index is 0.186. The van der Waals surface area contributed by atoms with Gasteiger partial charge in [0, 0.05) is 25.7 Å². The molecule has 0 aromatic carbocycles. The molecule has 2 rings (SSSR count). The number of piperazine rings is 1. The molecule has 2 aliphatic rings. The zero-order valence-electron chi connectivity index (χ0n) is 10.4. The van der Waals surface area contributed by atoms with Gasteiger partial charge in [-0.2, -0.15) is 0 Å². The van der Waals surface area contributed by atoms with E-state index >= 15 is 0 Å². The maximum atomic E-state index is 12.4. The van der Waals surface area contributed by atoms with Crippen LogP contribution in [0.5, 0.6) is 0 Å². The fourth-order valence-corrected chi connectivity index (χ4v) is 2.95. The Hall–Kier alpha value is -0.610. The average Bonchev–Trinajstić information content (AvgIpc) is 2.66. The van der Waals surface area contributed by atoms with Gasteiger partial charge in [-0.1, -0.05) is 12.8 Å². The molecule has 92 valence electrons. The Balaban J connectivity index is 2.04. The molecular weight excluding hydrogens is 202 g/mol. The molecule has 1 saturated heterocycles. The van der Waals surface area contributed by atoms with E-state index in [1.807, 2.05) is 4.90 Å². The third-order valence-corrected chi connectivity index (χ3v) is 4.01. The van der Waals surface area contributed by atoms with Gasteiger partial charge in [-0.25, -0.2) is 0 Å². The van der Waals surface area contributed by atoms with Crippen molar-refractivity contribution in [2.75, 3.05) is 26.7 Å². The van der Waals surface area contributed by atoms with E-state index in [9.17, 15) is 4.79 Å². The molecule has 4 nitrogen and oxygen atoms in total. The lowest BCUT2D eigenvalue weighted by molar-refractivity contribution is -0.141. The molecule has 1 heterocycles. The summed E-state index contributed by atoms with van der Waals surface area (Å²) in [5.41, 5.74) is 5.67. The van der Waals surface area contributed by atoms with Crippen molar-refractivity contribution in [1.82, 2.24) is 9.80 Å². The third kappa shape index (κ3) is 2.09. The predicted octanol–water partition coefficient (Wildman–Crippen LogP) is 0.420. The molecule has 0 aromatic rings. The van der Waals surface area contributed by atoms with Crippen molar-refractivity contribution < 1.29 is 4.79 Å². The van der Waals surface area contributed by atoms with Crippen LogP contribution in [-0.2, 0) is 4.79 Å². The number of hydrogen-bond acceptors (Lipinski definition) is 3. The lowest BCUT2D eigenvalue weighted by Gasteiger charge is -2.41. The summed E-state index contributed by atoms with van der Waals surface area (Å²) in [7, 11) is 2.10. The van der Waals surface area contributed by atoms with Crippen LogP contribution < -0.4 is 5.73 Å². The van der Waals surface area contributed by atoms with Gasteiger partial charge < -0.3 is 15.5 Å². The second-order valence-corrected chi connectivity index (χ2v) is 5.47. The van der Waals surface area contributed by atoms with E-state index in [0.29, 0.717) is 6.04 Å². The maximum absolute atomic E-state index is 12.4. The topological polar surface area (TPSA) is 49.6 Å². The van der Waals surface area contributed by atoms with Crippen LogP contribution >= 0.6 is 0 Å². The summed E-state index contributed by atoms with van der Waals surface area (Å²) in [4.78, 5) is 16.7. The Labute approximate surface area is 97.8 Å². The molecular formula is C12H23N3O. The minimum Gasteiger partial charge on any atom is -0.336 e. The van der Waals surface area contributed by atoms with Gasteiger partial charge in [0.1, 0.15) is 0 Å². The van der Waals surface area contributed by atoms with E-state index < -0.39 is 5.54 Å². The number of rotatable bonds is 1. The number of nitrogens with two attached hydrogens (primary N) is 1. The summed E-state index contributed by atoms with van der Waals surface area (Å²) in [5.74, 6) is 0.186. The van der Waals surface area contributed by atoms with Gasteiger partial charge in [0.15, 0.2) is 0 Å². The molecule has 1 aliphatic heterocycles. The van der Waals surface area contributed by atoms with Crippen LogP contribution in [0, 0.1) is 0 Å². The standard InChI is InChI=1S/C12H23N3O/c1-10-9-14(2)7-8-15(10)11(16)12(13)5-3-4-6-12/h10H,3-9,13H2,1-2H3. The summed E-state index contributed by atoms with van der Waals surface area (Å²) < 4.78 is 0. The third-order valence-electron chi connectivity index (χ3n) is 4.01. The quantitative estimate of drug-likeness (QED) is 0.703. The predicted molar refractivity (Wildman–Crippen MR) is 64.1 cm³/mol. The van der Waals surface area contributed by atoms with Crippen molar-refractivity contribution in [3.8, 4) is 0 Å². The van der Waals surface area contributed by atoms with Crippen molar-refractivity contribution >= 4 is 5.91 Å². The first kappa shape index (κ1) is 11.9. The highest BCUT2D eigenvalue weighted by Gasteiger charge is 2.41. The molecule has 0 spiro atoms. The summed E-state index contributed by atoms with van der Waals surface area (Å²) >= 11 is 0. The van der Waals surface area contributed by atoms with E-state index in [-0.39, 0.29) is 5.91 Å². The number of carbonyl (C=O) groups excluding carboxylic acids is 1. The number of nitrogens with zero attached hydrogens (tertiary/aromatic N) is 2. The van der Waals surface area contributed by atoms with Crippen LogP contribution in [0.4, 0.5) is 0 Å². The van der Waals surface area contributed by atoms with Gasteiger partial charge in [-0.15, -0.1) is 0 Å². The molecule has 1 unspecified atom stereocenters. The number of amides is 1. The fraction of sp³-hybridized carbons (Fsp3) is 0.917. The van der Waals surface area contributed by atoms with Gasteiger partial charge in [0.2, 0.25) is 5.91 Å². The Morgan fingerprint density at radius 1 is 1.31 bits per heavy atom. The van der Waals surface area contributed by atoms with Crippen LogP contribution in [-0.4, -0.2) is 54.0 Å². The van der Waals surface area contributed by atoms with Gasteiger partial charge in [-0.3, -0.25) is 4.79 Å².